The highest BCUT2D eigenvalue weighted by molar-refractivity contribution is 6.74. The minimum atomic E-state index is -2.22. The van der Waals surface area contributed by atoms with Crippen LogP contribution in [-0.2, 0) is 18.3 Å². The van der Waals surface area contributed by atoms with Crippen LogP contribution in [0.2, 0.25) is 36.3 Å². The van der Waals surface area contributed by atoms with Crippen LogP contribution in [0.25, 0.3) is 0 Å². The SMILES string of the molecule is CC(C)(C)[Si](C)(C)OC[C@@]1(O)[C@H](O[Si](C)(C)C(C)(C)C)C=CC2(OCCO2)[C@@H]1O. The molecule has 1 aliphatic heterocycles. The second kappa shape index (κ2) is 7.81. The first-order valence-corrected chi connectivity index (χ1v) is 16.4. The van der Waals surface area contributed by atoms with Gasteiger partial charge in [-0.2, -0.15) is 0 Å². The summed E-state index contributed by atoms with van der Waals surface area (Å²) in [5.41, 5.74) is -1.68. The van der Waals surface area contributed by atoms with Crippen molar-refractivity contribution in [2.45, 2.75) is 101 Å². The zero-order valence-electron chi connectivity index (χ0n) is 20.0. The molecule has 0 unspecified atom stereocenters. The average molecular weight is 447 g/mol. The van der Waals surface area contributed by atoms with Crippen molar-refractivity contribution in [1.29, 1.82) is 0 Å². The molecule has 0 aromatic heterocycles. The molecule has 0 aromatic rings. The largest absolute Gasteiger partial charge is 0.414 e. The van der Waals surface area contributed by atoms with Crippen molar-refractivity contribution in [3.63, 3.8) is 0 Å². The van der Waals surface area contributed by atoms with Crippen molar-refractivity contribution in [2.75, 3.05) is 19.8 Å². The number of hydrogen-bond donors (Lipinski definition) is 2. The molecular formula is C21H42O6Si2. The molecule has 3 atom stereocenters. The highest BCUT2D eigenvalue weighted by Gasteiger charge is 2.60. The fourth-order valence-corrected chi connectivity index (χ4v) is 5.29. The van der Waals surface area contributed by atoms with Crippen LogP contribution in [0, 0.1) is 0 Å². The summed E-state index contributed by atoms with van der Waals surface area (Å²) in [6.07, 6.45) is 1.46. The molecule has 1 aliphatic carbocycles. The molecule has 8 heteroatoms. The van der Waals surface area contributed by atoms with Gasteiger partial charge in [-0.05, 0) is 42.3 Å². The Morgan fingerprint density at radius 2 is 1.45 bits per heavy atom. The minimum Gasteiger partial charge on any atom is -0.414 e. The molecule has 1 heterocycles. The quantitative estimate of drug-likeness (QED) is 0.494. The van der Waals surface area contributed by atoms with Crippen LogP contribution < -0.4 is 0 Å². The van der Waals surface area contributed by atoms with E-state index in [-0.39, 0.29) is 16.7 Å². The predicted molar refractivity (Wildman–Crippen MR) is 120 cm³/mol. The summed E-state index contributed by atoms with van der Waals surface area (Å²) in [6.45, 7) is 22.1. The fraction of sp³-hybridized carbons (Fsp3) is 0.905. The highest BCUT2D eigenvalue weighted by atomic mass is 28.4. The summed E-state index contributed by atoms with van der Waals surface area (Å²) in [7, 11) is -4.38. The first-order chi connectivity index (χ1) is 12.9. The van der Waals surface area contributed by atoms with Crippen LogP contribution in [0.4, 0.5) is 0 Å². The Kier molecular flexibility index (Phi) is 6.79. The van der Waals surface area contributed by atoms with Crippen molar-refractivity contribution >= 4 is 16.6 Å². The van der Waals surface area contributed by atoms with E-state index in [0.29, 0.717) is 13.2 Å². The normalized spacial score (nSPS) is 30.9. The molecule has 1 spiro atoms. The van der Waals surface area contributed by atoms with Crippen molar-refractivity contribution in [3.8, 4) is 0 Å². The molecule has 2 aliphatic rings. The first-order valence-electron chi connectivity index (χ1n) is 10.6. The third-order valence-corrected chi connectivity index (χ3v) is 16.2. The maximum Gasteiger partial charge on any atom is 0.218 e. The van der Waals surface area contributed by atoms with E-state index >= 15 is 0 Å². The molecule has 0 aromatic carbocycles. The van der Waals surface area contributed by atoms with Gasteiger partial charge >= 0.3 is 0 Å². The Bertz CT molecular complexity index is 614. The van der Waals surface area contributed by atoms with E-state index in [0.717, 1.165) is 0 Å². The Labute approximate surface area is 178 Å². The predicted octanol–water partition coefficient (Wildman–Crippen LogP) is 3.80. The van der Waals surface area contributed by atoms with Crippen molar-refractivity contribution in [3.05, 3.63) is 12.2 Å². The number of aliphatic hydroxyl groups excluding tert-OH is 1. The van der Waals surface area contributed by atoms with Crippen molar-refractivity contribution in [1.82, 2.24) is 0 Å². The van der Waals surface area contributed by atoms with Gasteiger partial charge in [0.05, 0.1) is 25.9 Å². The van der Waals surface area contributed by atoms with E-state index in [1.807, 2.05) is 0 Å². The van der Waals surface area contributed by atoms with E-state index in [9.17, 15) is 10.2 Å². The Balaban J connectivity index is 2.39. The molecule has 2 rings (SSSR count). The van der Waals surface area contributed by atoms with Gasteiger partial charge in [0.2, 0.25) is 5.79 Å². The summed E-state index contributed by atoms with van der Waals surface area (Å²) in [5, 5.41) is 23.0. The van der Waals surface area contributed by atoms with Gasteiger partial charge in [0, 0.05) is 0 Å². The topological polar surface area (TPSA) is 77.4 Å². The summed E-state index contributed by atoms with van der Waals surface area (Å²) in [4.78, 5) is 0. The lowest BCUT2D eigenvalue weighted by Crippen LogP contribution is -2.69. The van der Waals surface area contributed by atoms with Gasteiger partial charge < -0.3 is 28.5 Å². The third kappa shape index (κ3) is 4.74. The Morgan fingerprint density at radius 3 is 1.90 bits per heavy atom. The van der Waals surface area contributed by atoms with Gasteiger partial charge in [0.25, 0.3) is 0 Å². The number of ether oxygens (including phenoxy) is 2. The number of hydrogen-bond acceptors (Lipinski definition) is 6. The summed E-state index contributed by atoms with van der Waals surface area (Å²) >= 11 is 0. The zero-order valence-corrected chi connectivity index (χ0v) is 22.0. The molecule has 0 saturated carbocycles. The molecule has 2 N–H and O–H groups in total. The maximum absolute atomic E-state index is 11.8. The monoisotopic (exact) mass is 446 g/mol. The molecule has 29 heavy (non-hydrogen) atoms. The standard InChI is InChI=1S/C21H42O6Si2/c1-18(2,3)28(7,8)26-15-20(23)16(27-29(9,10)19(4,5)6)11-12-21(17(20)22)24-13-14-25-21/h11-12,16-17,22-23H,13-15H2,1-10H3/t16-,17-,20-/m1/s1. The Morgan fingerprint density at radius 1 is 0.966 bits per heavy atom. The number of rotatable bonds is 5. The first kappa shape index (κ1) is 25.2. The molecule has 0 amide bonds. The maximum atomic E-state index is 11.8. The fourth-order valence-electron chi connectivity index (χ4n) is 2.99. The Hall–Kier alpha value is -0.0662. The van der Waals surface area contributed by atoms with Gasteiger partial charge in [-0.1, -0.05) is 47.6 Å². The van der Waals surface area contributed by atoms with Crippen molar-refractivity contribution < 1.29 is 28.5 Å². The van der Waals surface area contributed by atoms with Crippen LogP contribution in [0.15, 0.2) is 12.2 Å². The molecular weight excluding hydrogens is 404 g/mol. The summed E-state index contributed by atoms with van der Waals surface area (Å²) in [5.74, 6) is -1.35. The van der Waals surface area contributed by atoms with Crippen LogP contribution in [-0.4, -0.2) is 70.3 Å². The van der Waals surface area contributed by atoms with Gasteiger partial charge in [-0.25, -0.2) is 0 Å². The van der Waals surface area contributed by atoms with Crippen LogP contribution in [0.5, 0.6) is 0 Å². The zero-order chi connectivity index (χ0) is 22.5. The second-order valence-corrected chi connectivity index (χ2v) is 21.1. The third-order valence-electron chi connectivity index (χ3n) is 7.29. The molecule has 1 saturated heterocycles. The smallest absolute Gasteiger partial charge is 0.218 e. The lowest BCUT2D eigenvalue weighted by molar-refractivity contribution is -0.267. The van der Waals surface area contributed by atoms with E-state index in [1.165, 1.54) is 0 Å². The molecule has 1 fully saturated rings. The van der Waals surface area contributed by atoms with Crippen LogP contribution >= 0.6 is 0 Å². The second-order valence-electron chi connectivity index (χ2n) is 11.5. The number of aliphatic hydroxyl groups is 2. The van der Waals surface area contributed by atoms with Crippen LogP contribution in [0.3, 0.4) is 0 Å². The molecule has 6 nitrogen and oxygen atoms in total. The van der Waals surface area contributed by atoms with Gasteiger partial charge in [-0.3, -0.25) is 0 Å². The minimum absolute atomic E-state index is 0.0212. The lowest BCUT2D eigenvalue weighted by atomic mass is 9.81. The van der Waals surface area contributed by atoms with E-state index in [4.69, 9.17) is 18.3 Å². The van der Waals surface area contributed by atoms with Gasteiger partial charge in [0.1, 0.15) is 11.7 Å². The van der Waals surface area contributed by atoms with E-state index in [1.54, 1.807) is 12.2 Å². The molecule has 0 radical (unpaired) electrons. The van der Waals surface area contributed by atoms with E-state index < -0.39 is 40.2 Å². The van der Waals surface area contributed by atoms with Gasteiger partial charge in [-0.15, -0.1) is 0 Å². The van der Waals surface area contributed by atoms with E-state index in [2.05, 4.69) is 67.7 Å². The van der Waals surface area contributed by atoms with Crippen LogP contribution in [0.1, 0.15) is 41.5 Å². The molecule has 170 valence electrons. The summed E-state index contributed by atoms with van der Waals surface area (Å²) in [6, 6.07) is 0. The van der Waals surface area contributed by atoms with Gasteiger partial charge in [0.15, 0.2) is 16.6 Å². The highest BCUT2D eigenvalue weighted by Crippen LogP contribution is 2.45. The average Bonchev–Trinajstić information content (AvgIpc) is 3.02. The molecule has 0 bridgehead atoms. The van der Waals surface area contributed by atoms with Crippen molar-refractivity contribution in [2.24, 2.45) is 0 Å². The lowest BCUT2D eigenvalue weighted by Gasteiger charge is -2.51. The summed E-state index contributed by atoms with van der Waals surface area (Å²) < 4.78 is 24.4.